The van der Waals surface area contributed by atoms with Crippen molar-refractivity contribution >= 4 is 11.4 Å². The number of nitrogens with zero attached hydrogens (tertiary/aromatic N) is 2. The van der Waals surface area contributed by atoms with Gasteiger partial charge < -0.3 is 5.32 Å². The molecule has 21 heavy (non-hydrogen) atoms. The van der Waals surface area contributed by atoms with Gasteiger partial charge in [0.1, 0.15) is 0 Å². The number of nitrogens with one attached hydrogen (secondary N) is 1. The molecular formula is C16H17N3O2. The maximum Gasteiger partial charge on any atom is 0.272 e. The summed E-state index contributed by atoms with van der Waals surface area (Å²) >= 11 is 0. The van der Waals surface area contributed by atoms with Gasteiger partial charge in [-0.1, -0.05) is 6.07 Å². The molecule has 108 valence electrons. The molecule has 1 aliphatic rings. The minimum atomic E-state index is -0.335. The molecule has 1 aromatic carbocycles. The lowest BCUT2D eigenvalue weighted by Crippen LogP contribution is -2.10. The van der Waals surface area contributed by atoms with Gasteiger partial charge in [0.15, 0.2) is 0 Å². The van der Waals surface area contributed by atoms with Gasteiger partial charge >= 0.3 is 0 Å². The molecule has 0 fully saturated rings. The molecule has 5 heteroatoms. The van der Waals surface area contributed by atoms with E-state index in [1.54, 1.807) is 13.0 Å². The Bertz CT molecular complexity index is 713. The number of aryl methyl sites for hydroxylation is 3. The van der Waals surface area contributed by atoms with E-state index in [1.807, 2.05) is 25.3 Å². The number of nitro benzene ring substituents is 1. The minimum absolute atomic E-state index is 0.169. The lowest BCUT2D eigenvalue weighted by atomic mass is 10.1. The lowest BCUT2D eigenvalue weighted by molar-refractivity contribution is -0.385. The van der Waals surface area contributed by atoms with Crippen LogP contribution < -0.4 is 5.32 Å². The first kappa shape index (κ1) is 13.5. The lowest BCUT2D eigenvalue weighted by Gasteiger charge is -2.17. The normalized spacial score (nSPS) is 16.6. The fourth-order valence-electron chi connectivity index (χ4n) is 2.89. The van der Waals surface area contributed by atoms with E-state index in [0.29, 0.717) is 5.56 Å². The molecule has 1 aromatic heterocycles. The van der Waals surface area contributed by atoms with Gasteiger partial charge in [-0.25, -0.2) is 0 Å². The van der Waals surface area contributed by atoms with Crippen molar-refractivity contribution in [2.45, 2.75) is 32.7 Å². The summed E-state index contributed by atoms with van der Waals surface area (Å²) in [5, 5.41) is 14.5. The van der Waals surface area contributed by atoms with Gasteiger partial charge in [-0.05, 0) is 49.9 Å². The van der Waals surface area contributed by atoms with Crippen LogP contribution in [-0.4, -0.2) is 9.91 Å². The van der Waals surface area contributed by atoms with Crippen LogP contribution >= 0.6 is 0 Å². The Morgan fingerprint density at radius 2 is 2.14 bits per heavy atom. The average Bonchev–Trinajstić information content (AvgIpc) is 2.85. The topological polar surface area (TPSA) is 68.1 Å². The Labute approximate surface area is 123 Å². The predicted molar refractivity (Wildman–Crippen MR) is 81.5 cm³/mol. The summed E-state index contributed by atoms with van der Waals surface area (Å²) in [6, 6.07) is 7.74. The van der Waals surface area contributed by atoms with Crippen LogP contribution in [0.2, 0.25) is 0 Å². The second-order valence-corrected chi connectivity index (χ2v) is 5.49. The Kier molecular flexibility index (Phi) is 3.33. The number of aromatic nitrogens is 1. The Hall–Kier alpha value is -2.43. The average molecular weight is 283 g/mol. The fourth-order valence-corrected chi connectivity index (χ4v) is 2.89. The van der Waals surface area contributed by atoms with Crippen LogP contribution in [0.5, 0.6) is 0 Å². The molecule has 0 spiro atoms. The zero-order chi connectivity index (χ0) is 15.0. The molecule has 5 nitrogen and oxygen atoms in total. The monoisotopic (exact) mass is 283 g/mol. The molecule has 0 aliphatic heterocycles. The summed E-state index contributed by atoms with van der Waals surface area (Å²) in [6.45, 7) is 3.66. The maximum atomic E-state index is 11.0. The maximum absolute atomic E-state index is 11.0. The zero-order valence-corrected chi connectivity index (χ0v) is 12.1. The standard InChI is InChI=1S/C16H17N3O2/c1-10-9-15(19(20)21)11(2)8-14(10)18-13-6-5-12-4-3-7-17-16(12)13/h3-4,7-9,13,18H,5-6H2,1-2H3. The van der Waals surface area contributed by atoms with Crippen LogP contribution in [0.15, 0.2) is 30.5 Å². The number of benzene rings is 1. The van der Waals surface area contributed by atoms with E-state index in [4.69, 9.17) is 0 Å². The highest BCUT2D eigenvalue weighted by Crippen LogP contribution is 2.34. The Morgan fingerprint density at radius 1 is 1.33 bits per heavy atom. The van der Waals surface area contributed by atoms with Crippen LogP contribution in [0.4, 0.5) is 11.4 Å². The molecule has 0 saturated carbocycles. The first-order valence-electron chi connectivity index (χ1n) is 7.02. The molecule has 1 unspecified atom stereocenters. The molecule has 0 radical (unpaired) electrons. The van der Waals surface area contributed by atoms with Crippen molar-refractivity contribution in [1.82, 2.24) is 4.98 Å². The van der Waals surface area contributed by atoms with Gasteiger partial charge in [0.2, 0.25) is 0 Å². The summed E-state index contributed by atoms with van der Waals surface area (Å²) in [4.78, 5) is 15.1. The van der Waals surface area contributed by atoms with Gasteiger partial charge in [0.05, 0.1) is 16.7 Å². The minimum Gasteiger partial charge on any atom is -0.376 e. The molecule has 2 aromatic rings. The van der Waals surface area contributed by atoms with E-state index in [0.717, 1.165) is 29.8 Å². The smallest absolute Gasteiger partial charge is 0.272 e. The van der Waals surface area contributed by atoms with Crippen LogP contribution in [0.1, 0.15) is 34.8 Å². The predicted octanol–water partition coefficient (Wildman–Crippen LogP) is 3.71. The van der Waals surface area contributed by atoms with E-state index in [-0.39, 0.29) is 16.7 Å². The van der Waals surface area contributed by atoms with E-state index >= 15 is 0 Å². The Balaban J connectivity index is 1.90. The first-order valence-corrected chi connectivity index (χ1v) is 7.02. The molecule has 3 rings (SSSR count). The highest BCUT2D eigenvalue weighted by atomic mass is 16.6. The van der Waals surface area contributed by atoms with Gasteiger partial charge in [0, 0.05) is 23.5 Å². The van der Waals surface area contributed by atoms with Crippen molar-refractivity contribution in [1.29, 1.82) is 0 Å². The summed E-state index contributed by atoms with van der Waals surface area (Å²) in [7, 11) is 0. The molecule has 0 saturated heterocycles. The highest BCUT2D eigenvalue weighted by molar-refractivity contribution is 5.60. The van der Waals surface area contributed by atoms with Gasteiger partial charge in [0.25, 0.3) is 5.69 Å². The third kappa shape index (κ3) is 2.46. The summed E-state index contributed by atoms with van der Waals surface area (Å²) in [6.07, 6.45) is 3.83. The van der Waals surface area contributed by atoms with E-state index in [1.165, 1.54) is 5.56 Å². The SMILES string of the molecule is Cc1cc([N+](=O)[O-])c(C)cc1NC1CCc2cccnc21. The van der Waals surface area contributed by atoms with Gasteiger partial charge in [-0.2, -0.15) is 0 Å². The number of pyridine rings is 1. The number of hydrogen-bond acceptors (Lipinski definition) is 4. The van der Waals surface area contributed by atoms with Crippen LogP contribution in [0, 0.1) is 24.0 Å². The van der Waals surface area contributed by atoms with Crippen LogP contribution in [0.25, 0.3) is 0 Å². The highest BCUT2D eigenvalue weighted by Gasteiger charge is 2.24. The van der Waals surface area contributed by atoms with Crippen molar-refractivity contribution in [2.75, 3.05) is 5.32 Å². The zero-order valence-electron chi connectivity index (χ0n) is 12.1. The molecule has 1 atom stereocenters. The van der Waals surface area contributed by atoms with Crippen molar-refractivity contribution in [3.05, 3.63) is 63.0 Å². The third-order valence-electron chi connectivity index (χ3n) is 4.03. The molecule has 1 N–H and O–H groups in total. The largest absolute Gasteiger partial charge is 0.376 e. The van der Waals surface area contributed by atoms with Crippen molar-refractivity contribution in [3.8, 4) is 0 Å². The molecule has 1 aliphatic carbocycles. The van der Waals surface area contributed by atoms with Crippen molar-refractivity contribution < 1.29 is 4.92 Å². The van der Waals surface area contributed by atoms with Crippen molar-refractivity contribution in [3.63, 3.8) is 0 Å². The van der Waals surface area contributed by atoms with E-state index < -0.39 is 0 Å². The quantitative estimate of drug-likeness (QED) is 0.688. The Morgan fingerprint density at radius 3 is 2.90 bits per heavy atom. The van der Waals surface area contributed by atoms with Gasteiger partial charge in [-0.3, -0.25) is 15.1 Å². The second kappa shape index (κ2) is 5.16. The second-order valence-electron chi connectivity index (χ2n) is 5.49. The molecule has 0 bridgehead atoms. The number of hydrogen-bond donors (Lipinski definition) is 1. The first-order chi connectivity index (χ1) is 10.1. The molecule has 0 amide bonds. The molecule has 1 heterocycles. The van der Waals surface area contributed by atoms with Crippen molar-refractivity contribution in [2.24, 2.45) is 0 Å². The molecular weight excluding hydrogens is 266 g/mol. The van der Waals surface area contributed by atoms with Crippen LogP contribution in [-0.2, 0) is 6.42 Å². The van der Waals surface area contributed by atoms with Crippen LogP contribution in [0.3, 0.4) is 0 Å². The number of anilines is 1. The van der Waals surface area contributed by atoms with E-state index in [9.17, 15) is 10.1 Å². The summed E-state index contributed by atoms with van der Waals surface area (Å²) < 4.78 is 0. The summed E-state index contributed by atoms with van der Waals surface area (Å²) in [5.74, 6) is 0. The third-order valence-corrected chi connectivity index (χ3v) is 4.03. The number of rotatable bonds is 3. The summed E-state index contributed by atoms with van der Waals surface area (Å²) in [5.41, 5.74) is 5.05. The number of fused-ring (bicyclic) bond motifs is 1. The fraction of sp³-hybridized carbons (Fsp3) is 0.312. The van der Waals surface area contributed by atoms with Gasteiger partial charge in [-0.15, -0.1) is 0 Å². The number of nitro groups is 1. The van der Waals surface area contributed by atoms with E-state index in [2.05, 4.69) is 16.4 Å².